The maximum atomic E-state index is 9.06. The van der Waals surface area contributed by atoms with Crippen LogP contribution in [0.2, 0.25) is 0 Å². The molecule has 0 fully saturated rings. The Kier molecular flexibility index (Phi) is 3.11. The second kappa shape index (κ2) is 2.84. The van der Waals surface area contributed by atoms with Crippen molar-refractivity contribution in [1.29, 1.82) is 0 Å². The molecule has 0 bridgehead atoms. The Labute approximate surface area is 52.9 Å². The Morgan fingerprint density at radius 1 is 1.29 bits per heavy atom. The van der Waals surface area contributed by atoms with Gasteiger partial charge in [-0.25, -0.2) is 0 Å². The lowest BCUT2D eigenvalue weighted by Crippen LogP contribution is -2.10. The quantitative estimate of drug-likeness (QED) is 0.582. The monoisotopic (exact) mass is 138 g/mol. The smallest absolute Gasteiger partial charge is 0.154 e. The van der Waals surface area contributed by atoms with Crippen LogP contribution in [0.1, 0.15) is 6.92 Å². The minimum Gasteiger partial charge on any atom is -0.370 e. The lowest BCUT2D eigenvalue weighted by molar-refractivity contribution is 0.252. The van der Waals surface area contributed by atoms with E-state index in [-0.39, 0.29) is 0 Å². The first-order valence-electron chi connectivity index (χ1n) is 1.95. The van der Waals surface area contributed by atoms with Gasteiger partial charge in [0.1, 0.15) is 0 Å². The van der Waals surface area contributed by atoms with Crippen LogP contribution in [-0.2, 0) is 0 Å². The number of aliphatic hydroxyl groups is 1. The summed E-state index contributed by atoms with van der Waals surface area (Å²) < 4.78 is -0.583. The lowest BCUT2D eigenvalue weighted by atomic mass is 10.9. The first kappa shape index (κ1) is 7.66. The summed E-state index contributed by atoms with van der Waals surface area (Å²) in [6.45, 7) is 1.78. The van der Waals surface area contributed by atoms with Gasteiger partial charge < -0.3 is 5.11 Å². The highest BCUT2D eigenvalue weighted by Gasteiger charge is 2.14. The Morgan fingerprint density at radius 3 is 1.57 bits per heavy atom. The number of hydrogen-bond acceptors (Lipinski definition) is 3. The van der Waals surface area contributed by atoms with Crippen molar-refractivity contribution in [3.8, 4) is 0 Å². The van der Waals surface area contributed by atoms with Crippen LogP contribution in [0.4, 0.5) is 0 Å². The SMILES string of the molecule is CSC(C)(O)SC. The molecule has 0 heterocycles. The van der Waals surface area contributed by atoms with Crippen LogP contribution in [0, 0.1) is 0 Å². The summed E-state index contributed by atoms with van der Waals surface area (Å²) >= 11 is 2.89. The van der Waals surface area contributed by atoms with E-state index in [4.69, 9.17) is 5.11 Å². The van der Waals surface area contributed by atoms with Crippen LogP contribution in [0.3, 0.4) is 0 Å². The molecule has 0 rings (SSSR count). The molecule has 0 spiro atoms. The summed E-state index contributed by atoms with van der Waals surface area (Å²) in [5.41, 5.74) is 0. The second-order valence-corrected chi connectivity index (χ2v) is 3.97. The summed E-state index contributed by atoms with van der Waals surface area (Å²) in [5.74, 6) is 0. The van der Waals surface area contributed by atoms with Gasteiger partial charge in [0.25, 0.3) is 0 Å². The van der Waals surface area contributed by atoms with Crippen LogP contribution in [-0.4, -0.2) is 21.9 Å². The van der Waals surface area contributed by atoms with Gasteiger partial charge in [-0.2, -0.15) is 0 Å². The molecule has 0 unspecified atom stereocenters. The zero-order valence-electron chi connectivity index (χ0n) is 4.76. The largest absolute Gasteiger partial charge is 0.370 e. The predicted octanol–water partition coefficient (Wildman–Crippen LogP) is 1.38. The van der Waals surface area contributed by atoms with Crippen molar-refractivity contribution >= 4 is 23.5 Å². The third kappa shape index (κ3) is 3.26. The van der Waals surface area contributed by atoms with Gasteiger partial charge in [0.05, 0.1) is 0 Å². The average Bonchev–Trinajstić information content (AvgIpc) is 1.68. The van der Waals surface area contributed by atoms with Gasteiger partial charge in [-0.15, -0.1) is 23.5 Å². The Bertz CT molecular complexity index is 47.7. The van der Waals surface area contributed by atoms with E-state index in [1.165, 1.54) is 23.5 Å². The van der Waals surface area contributed by atoms with Crippen LogP contribution in [0.15, 0.2) is 0 Å². The fraction of sp³-hybridized carbons (Fsp3) is 1.00. The van der Waals surface area contributed by atoms with Crippen LogP contribution in [0.5, 0.6) is 0 Å². The van der Waals surface area contributed by atoms with Crippen LogP contribution in [0.25, 0.3) is 0 Å². The van der Waals surface area contributed by atoms with E-state index in [1.807, 2.05) is 12.5 Å². The fourth-order valence-electron chi connectivity index (χ4n) is 0.0833. The van der Waals surface area contributed by atoms with Gasteiger partial charge in [0, 0.05) is 0 Å². The van der Waals surface area contributed by atoms with Crippen molar-refractivity contribution in [2.45, 2.75) is 11.2 Å². The van der Waals surface area contributed by atoms with E-state index in [2.05, 4.69) is 0 Å². The Balaban J connectivity index is 3.36. The number of rotatable bonds is 2. The fourth-order valence-corrected chi connectivity index (χ4v) is 0.750. The highest BCUT2D eigenvalue weighted by Crippen LogP contribution is 2.28. The van der Waals surface area contributed by atoms with E-state index in [0.717, 1.165) is 0 Å². The van der Waals surface area contributed by atoms with Gasteiger partial charge in [-0.1, -0.05) is 0 Å². The van der Waals surface area contributed by atoms with E-state index in [9.17, 15) is 0 Å². The molecular formula is C4H10OS2. The van der Waals surface area contributed by atoms with Gasteiger partial charge in [-0.3, -0.25) is 0 Å². The molecule has 0 aliphatic rings. The number of thioether (sulfide) groups is 2. The van der Waals surface area contributed by atoms with Crippen molar-refractivity contribution in [3.05, 3.63) is 0 Å². The standard InChI is InChI=1S/C4H10OS2/c1-4(5,6-2)7-3/h5H,1-3H3. The first-order valence-corrected chi connectivity index (χ1v) is 4.40. The second-order valence-electron chi connectivity index (χ2n) is 1.31. The molecule has 0 radical (unpaired) electrons. The lowest BCUT2D eigenvalue weighted by Gasteiger charge is -2.15. The molecule has 7 heavy (non-hydrogen) atoms. The van der Waals surface area contributed by atoms with Crippen molar-refractivity contribution in [1.82, 2.24) is 0 Å². The molecule has 1 nitrogen and oxygen atoms in total. The summed E-state index contributed by atoms with van der Waals surface area (Å²) in [6.07, 6.45) is 3.77. The molecule has 0 atom stereocenters. The minimum atomic E-state index is -0.583. The maximum Gasteiger partial charge on any atom is 0.154 e. The van der Waals surface area contributed by atoms with Gasteiger partial charge in [0.15, 0.2) is 4.27 Å². The molecule has 0 saturated heterocycles. The molecule has 3 heteroatoms. The summed E-state index contributed by atoms with van der Waals surface area (Å²) in [7, 11) is 0. The predicted molar refractivity (Wildman–Crippen MR) is 37.7 cm³/mol. The van der Waals surface area contributed by atoms with Crippen LogP contribution < -0.4 is 0 Å². The van der Waals surface area contributed by atoms with Crippen LogP contribution >= 0.6 is 23.5 Å². The van der Waals surface area contributed by atoms with Gasteiger partial charge in [0.2, 0.25) is 0 Å². The van der Waals surface area contributed by atoms with Gasteiger partial charge in [-0.05, 0) is 19.4 Å². The molecule has 44 valence electrons. The van der Waals surface area contributed by atoms with E-state index >= 15 is 0 Å². The van der Waals surface area contributed by atoms with E-state index in [0.29, 0.717) is 0 Å². The molecule has 0 saturated carbocycles. The van der Waals surface area contributed by atoms with Crippen molar-refractivity contribution < 1.29 is 5.11 Å². The van der Waals surface area contributed by atoms with Crippen molar-refractivity contribution in [3.63, 3.8) is 0 Å². The summed E-state index contributed by atoms with van der Waals surface area (Å²) in [5, 5.41) is 9.06. The number of hydrogen-bond donors (Lipinski definition) is 1. The summed E-state index contributed by atoms with van der Waals surface area (Å²) in [6, 6.07) is 0. The molecule has 0 aromatic carbocycles. The molecule has 0 aliphatic carbocycles. The molecule has 0 amide bonds. The molecule has 0 aliphatic heterocycles. The average molecular weight is 138 g/mol. The highest BCUT2D eigenvalue weighted by molar-refractivity contribution is 8.17. The Morgan fingerprint density at radius 2 is 1.57 bits per heavy atom. The summed E-state index contributed by atoms with van der Waals surface area (Å²) in [4.78, 5) is 0. The van der Waals surface area contributed by atoms with Crippen molar-refractivity contribution in [2.24, 2.45) is 0 Å². The third-order valence-corrected chi connectivity index (χ3v) is 3.27. The first-order chi connectivity index (χ1) is 3.12. The highest BCUT2D eigenvalue weighted by atomic mass is 32.2. The Hall–Kier alpha value is 0.660. The zero-order chi connectivity index (χ0) is 5.91. The molecular weight excluding hydrogens is 128 g/mol. The normalized spacial score (nSPS) is 12.0. The minimum absolute atomic E-state index is 0.583. The topological polar surface area (TPSA) is 20.2 Å². The maximum absolute atomic E-state index is 9.06. The molecule has 1 N–H and O–H groups in total. The zero-order valence-corrected chi connectivity index (χ0v) is 6.40. The molecule has 0 aromatic heterocycles. The third-order valence-electron chi connectivity index (χ3n) is 0.757. The van der Waals surface area contributed by atoms with Gasteiger partial charge >= 0.3 is 0 Å². The van der Waals surface area contributed by atoms with Crippen molar-refractivity contribution in [2.75, 3.05) is 12.5 Å². The van der Waals surface area contributed by atoms with E-state index < -0.39 is 4.27 Å². The molecule has 0 aromatic rings. The van der Waals surface area contributed by atoms with E-state index in [1.54, 1.807) is 6.92 Å².